The number of nitriles is 1. The number of fused-ring (bicyclic) bond motifs is 1. The van der Waals surface area contributed by atoms with Crippen LogP contribution in [-0.2, 0) is 7.05 Å². The Kier molecular flexibility index (Phi) is 3.47. The van der Waals surface area contributed by atoms with Gasteiger partial charge in [-0.25, -0.2) is 0 Å². The maximum atomic E-state index is 9.27. The van der Waals surface area contributed by atoms with E-state index in [0.29, 0.717) is 5.69 Å². The summed E-state index contributed by atoms with van der Waals surface area (Å²) in [6.07, 6.45) is 3.77. The number of nitrogens with one attached hydrogen (secondary N) is 1. The fourth-order valence-corrected chi connectivity index (χ4v) is 2.37. The summed E-state index contributed by atoms with van der Waals surface area (Å²) >= 11 is 0. The predicted octanol–water partition coefficient (Wildman–Crippen LogP) is 2.72. The highest BCUT2D eigenvalue weighted by atomic mass is 15.2. The van der Waals surface area contributed by atoms with Crippen molar-refractivity contribution in [2.24, 2.45) is 7.05 Å². The second kappa shape index (κ2) is 5.45. The first-order chi connectivity index (χ1) is 10.6. The van der Waals surface area contributed by atoms with Crippen molar-refractivity contribution in [2.75, 3.05) is 5.32 Å². The van der Waals surface area contributed by atoms with E-state index in [9.17, 15) is 5.26 Å². The molecule has 0 unspecified atom stereocenters. The Bertz CT molecular complexity index is 872. The van der Waals surface area contributed by atoms with E-state index < -0.39 is 0 Å². The van der Waals surface area contributed by atoms with Crippen LogP contribution in [-0.4, -0.2) is 26.0 Å². The van der Waals surface area contributed by atoms with E-state index in [0.717, 1.165) is 27.7 Å². The minimum atomic E-state index is 0.196. The third-order valence-corrected chi connectivity index (χ3v) is 3.34. The van der Waals surface area contributed by atoms with Gasteiger partial charge in [0.15, 0.2) is 5.69 Å². The Morgan fingerprint density at radius 1 is 1.23 bits per heavy atom. The molecule has 0 aliphatic carbocycles. The molecule has 1 N–H and O–H groups in total. The van der Waals surface area contributed by atoms with Crippen molar-refractivity contribution in [3.05, 3.63) is 36.3 Å². The maximum absolute atomic E-state index is 9.27. The molecule has 22 heavy (non-hydrogen) atoms. The lowest BCUT2D eigenvalue weighted by atomic mass is 10.0. The fraction of sp³-hybridized carbons (Fsp3) is 0.250. The second-order valence-electron chi connectivity index (χ2n) is 5.47. The van der Waals surface area contributed by atoms with Gasteiger partial charge in [0.1, 0.15) is 6.07 Å². The Labute approximate surface area is 128 Å². The third-order valence-electron chi connectivity index (χ3n) is 3.34. The number of anilines is 1. The zero-order valence-corrected chi connectivity index (χ0v) is 12.7. The summed E-state index contributed by atoms with van der Waals surface area (Å²) in [4.78, 5) is 0. The molecule has 2 heterocycles. The zero-order chi connectivity index (χ0) is 15.7. The highest BCUT2D eigenvalue weighted by Crippen LogP contribution is 2.29. The molecule has 0 aliphatic rings. The molecule has 110 valence electrons. The molecule has 2 aromatic heterocycles. The van der Waals surface area contributed by atoms with Crippen molar-refractivity contribution in [3.63, 3.8) is 0 Å². The summed E-state index contributed by atoms with van der Waals surface area (Å²) in [6, 6.07) is 8.22. The van der Waals surface area contributed by atoms with Gasteiger partial charge >= 0.3 is 0 Å². The molecular weight excluding hydrogens is 276 g/mol. The van der Waals surface area contributed by atoms with Crippen molar-refractivity contribution < 1.29 is 0 Å². The van der Waals surface area contributed by atoms with Gasteiger partial charge in [0.2, 0.25) is 0 Å². The van der Waals surface area contributed by atoms with Crippen LogP contribution in [0, 0.1) is 11.3 Å². The van der Waals surface area contributed by atoms with Crippen LogP contribution >= 0.6 is 0 Å². The summed E-state index contributed by atoms with van der Waals surface area (Å²) in [5, 5.41) is 25.8. The fourth-order valence-electron chi connectivity index (χ4n) is 2.37. The molecule has 0 amide bonds. The molecule has 0 aliphatic heterocycles. The van der Waals surface area contributed by atoms with Crippen molar-refractivity contribution in [3.8, 4) is 17.2 Å². The van der Waals surface area contributed by atoms with E-state index in [1.165, 1.54) is 0 Å². The van der Waals surface area contributed by atoms with Crippen molar-refractivity contribution in [2.45, 2.75) is 19.9 Å². The number of rotatable bonds is 3. The molecule has 1 aromatic carbocycles. The van der Waals surface area contributed by atoms with E-state index in [1.807, 2.05) is 51.5 Å². The van der Waals surface area contributed by atoms with Gasteiger partial charge in [-0.1, -0.05) is 6.07 Å². The lowest BCUT2D eigenvalue weighted by molar-refractivity contribution is 0.768. The third kappa shape index (κ3) is 2.49. The van der Waals surface area contributed by atoms with E-state index in [2.05, 4.69) is 26.7 Å². The lowest BCUT2D eigenvalue weighted by Crippen LogP contribution is -2.12. The average Bonchev–Trinajstić information content (AvgIpc) is 2.93. The Balaban J connectivity index is 2.22. The van der Waals surface area contributed by atoms with E-state index in [-0.39, 0.29) is 6.04 Å². The normalized spacial score (nSPS) is 10.9. The quantitative estimate of drug-likeness (QED) is 0.803. The summed E-state index contributed by atoms with van der Waals surface area (Å²) in [5.41, 5.74) is 3.85. The molecule has 0 fully saturated rings. The van der Waals surface area contributed by atoms with Gasteiger partial charge in [-0.2, -0.15) is 10.4 Å². The molecule has 3 rings (SSSR count). The van der Waals surface area contributed by atoms with Crippen molar-refractivity contribution in [1.82, 2.24) is 20.0 Å². The van der Waals surface area contributed by atoms with Gasteiger partial charge < -0.3 is 5.32 Å². The number of hydrogen-bond donors (Lipinski definition) is 1. The van der Waals surface area contributed by atoms with Crippen LogP contribution in [0.25, 0.3) is 22.0 Å². The summed E-state index contributed by atoms with van der Waals surface area (Å²) in [7, 11) is 1.88. The first-order valence-corrected chi connectivity index (χ1v) is 7.04. The number of nitrogens with zero attached hydrogens (tertiary/aromatic N) is 5. The van der Waals surface area contributed by atoms with Gasteiger partial charge in [-0.05, 0) is 31.5 Å². The Hall–Kier alpha value is -2.94. The highest BCUT2D eigenvalue weighted by molar-refractivity contribution is 5.95. The van der Waals surface area contributed by atoms with Crippen LogP contribution in [0.3, 0.4) is 0 Å². The smallest absolute Gasteiger partial charge is 0.186 e. The molecule has 0 atom stereocenters. The molecule has 0 saturated heterocycles. The van der Waals surface area contributed by atoms with Gasteiger partial charge in [-0.3, -0.25) is 4.68 Å². The predicted molar refractivity (Wildman–Crippen MR) is 85.2 cm³/mol. The van der Waals surface area contributed by atoms with Crippen LogP contribution in [0.4, 0.5) is 5.69 Å². The summed E-state index contributed by atoms with van der Waals surface area (Å²) < 4.78 is 1.76. The second-order valence-corrected chi connectivity index (χ2v) is 5.47. The Morgan fingerprint density at radius 2 is 2.05 bits per heavy atom. The van der Waals surface area contributed by atoms with Crippen LogP contribution in [0.2, 0.25) is 0 Å². The lowest BCUT2D eigenvalue weighted by Gasteiger charge is -2.13. The molecule has 6 heteroatoms. The molecule has 0 saturated carbocycles. The molecule has 6 nitrogen and oxygen atoms in total. The minimum absolute atomic E-state index is 0.196. The van der Waals surface area contributed by atoms with Gasteiger partial charge in [-0.15, -0.1) is 10.2 Å². The van der Waals surface area contributed by atoms with Gasteiger partial charge in [0.05, 0.1) is 17.4 Å². The number of benzene rings is 1. The molecule has 0 spiro atoms. The number of hydrogen-bond acceptors (Lipinski definition) is 5. The highest BCUT2D eigenvalue weighted by Gasteiger charge is 2.13. The largest absolute Gasteiger partial charge is 0.380 e. The first-order valence-electron chi connectivity index (χ1n) is 7.04. The standard InChI is InChI=1S/C16H16N6/c1-10(2)19-16-13-6-11(12-8-18-22(3)9-12)4-5-14(13)20-21-15(16)7-17/h4-6,8-10H,1-3H3,(H,19,20). The van der Waals surface area contributed by atoms with Crippen LogP contribution in [0.15, 0.2) is 30.6 Å². The molecule has 3 aromatic rings. The average molecular weight is 292 g/mol. The van der Waals surface area contributed by atoms with Gasteiger partial charge in [0, 0.05) is 30.2 Å². The van der Waals surface area contributed by atoms with Crippen LogP contribution in [0.1, 0.15) is 19.5 Å². The molecular formula is C16H16N6. The maximum Gasteiger partial charge on any atom is 0.186 e. The summed E-state index contributed by atoms with van der Waals surface area (Å²) in [5.74, 6) is 0. The van der Waals surface area contributed by atoms with Gasteiger partial charge in [0.25, 0.3) is 0 Å². The minimum Gasteiger partial charge on any atom is -0.380 e. The number of aromatic nitrogens is 4. The Morgan fingerprint density at radius 3 is 2.68 bits per heavy atom. The SMILES string of the molecule is CC(C)Nc1c(C#N)nnc2ccc(-c3cnn(C)c3)cc12. The van der Waals surface area contributed by atoms with E-state index in [1.54, 1.807) is 4.68 Å². The topological polar surface area (TPSA) is 79.4 Å². The number of aryl methyl sites for hydroxylation is 1. The molecule has 0 radical (unpaired) electrons. The van der Waals surface area contributed by atoms with Crippen LogP contribution < -0.4 is 5.32 Å². The van der Waals surface area contributed by atoms with Crippen molar-refractivity contribution >= 4 is 16.6 Å². The summed E-state index contributed by atoms with van der Waals surface area (Å²) in [6.45, 7) is 4.05. The zero-order valence-electron chi connectivity index (χ0n) is 12.7. The molecule has 0 bridgehead atoms. The van der Waals surface area contributed by atoms with E-state index in [4.69, 9.17) is 0 Å². The van der Waals surface area contributed by atoms with Crippen molar-refractivity contribution in [1.29, 1.82) is 5.26 Å². The monoisotopic (exact) mass is 292 g/mol. The van der Waals surface area contributed by atoms with E-state index >= 15 is 0 Å². The van der Waals surface area contributed by atoms with Crippen LogP contribution in [0.5, 0.6) is 0 Å². The first kappa shape index (κ1) is 14.0.